The molecule has 1 aromatic heterocycles. The highest BCUT2D eigenvalue weighted by atomic mass is 16.5. The number of hydrogen-bond acceptors (Lipinski definition) is 5. The highest BCUT2D eigenvalue weighted by molar-refractivity contribution is 5.93. The van der Waals surface area contributed by atoms with Crippen molar-refractivity contribution in [3.05, 3.63) is 47.7 Å². The number of aromatic nitrogens is 1. The molecular formula is C16H19N3O3. The molecule has 0 bridgehead atoms. The second-order valence-corrected chi connectivity index (χ2v) is 5.26. The first-order valence-electron chi connectivity index (χ1n) is 7.39. The van der Waals surface area contributed by atoms with Crippen LogP contribution in [0.15, 0.2) is 40.9 Å². The number of nitrogens with zero attached hydrogens (tertiary/aromatic N) is 2. The molecule has 0 radical (unpaired) electrons. The van der Waals surface area contributed by atoms with Gasteiger partial charge in [-0.3, -0.25) is 4.79 Å². The van der Waals surface area contributed by atoms with Crippen molar-refractivity contribution in [3.8, 4) is 0 Å². The normalized spacial score (nSPS) is 16.3. The van der Waals surface area contributed by atoms with E-state index < -0.39 is 0 Å². The van der Waals surface area contributed by atoms with Crippen LogP contribution in [0.5, 0.6) is 0 Å². The maximum Gasteiger partial charge on any atom is 0.274 e. The second-order valence-electron chi connectivity index (χ2n) is 5.26. The van der Waals surface area contributed by atoms with Crippen LogP contribution in [0.3, 0.4) is 0 Å². The summed E-state index contributed by atoms with van der Waals surface area (Å²) >= 11 is 0. The van der Waals surface area contributed by atoms with Crippen LogP contribution >= 0.6 is 0 Å². The van der Waals surface area contributed by atoms with Crippen LogP contribution in [0.2, 0.25) is 0 Å². The van der Waals surface area contributed by atoms with E-state index in [4.69, 9.17) is 9.26 Å². The van der Waals surface area contributed by atoms with E-state index >= 15 is 0 Å². The minimum absolute atomic E-state index is 0.0859. The van der Waals surface area contributed by atoms with Gasteiger partial charge < -0.3 is 19.5 Å². The predicted molar refractivity (Wildman–Crippen MR) is 81.9 cm³/mol. The molecule has 3 rings (SSSR count). The molecule has 1 aliphatic rings. The average molecular weight is 301 g/mol. The third-order valence-electron chi connectivity index (χ3n) is 3.70. The number of anilines is 1. The molecule has 1 saturated heterocycles. The fraction of sp³-hybridized carbons (Fsp3) is 0.375. The number of carbonyl (C=O) groups excluding carboxylic acids is 1. The molecular weight excluding hydrogens is 282 g/mol. The summed E-state index contributed by atoms with van der Waals surface area (Å²) in [5, 5.41) is 6.79. The minimum atomic E-state index is -0.236. The molecule has 2 aromatic rings. The SMILES string of the molecule is C[C@H](NC(=O)c1cc(N2CCOCC2)on1)c1ccccc1. The molecule has 6 heteroatoms. The standard InChI is InChI=1S/C16H19N3O3/c1-12(13-5-3-2-4-6-13)17-16(20)14-11-15(22-18-14)19-7-9-21-10-8-19/h2-6,11-12H,7-10H2,1H3,(H,17,20)/t12-/m0/s1. The first kappa shape index (κ1) is 14.6. The summed E-state index contributed by atoms with van der Waals surface area (Å²) in [5.41, 5.74) is 1.34. The molecule has 1 aromatic carbocycles. The van der Waals surface area contributed by atoms with Crippen LogP contribution in [0.4, 0.5) is 5.88 Å². The Morgan fingerprint density at radius 2 is 2.00 bits per heavy atom. The van der Waals surface area contributed by atoms with Crippen molar-refractivity contribution in [2.24, 2.45) is 0 Å². The lowest BCUT2D eigenvalue weighted by Crippen LogP contribution is -2.35. The molecule has 1 fully saturated rings. The Morgan fingerprint density at radius 1 is 1.27 bits per heavy atom. The second kappa shape index (κ2) is 6.62. The van der Waals surface area contributed by atoms with Gasteiger partial charge in [0.15, 0.2) is 5.69 Å². The summed E-state index contributed by atoms with van der Waals surface area (Å²) < 4.78 is 10.6. The Balaban J connectivity index is 1.64. The van der Waals surface area contributed by atoms with Gasteiger partial charge in [0.2, 0.25) is 5.88 Å². The summed E-state index contributed by atoms with van der Waals surface area (Å²) in [6, 6.07) is 11.4. The average Bonchev–Trinajstić information content (AvgIpc) is 3.06. The van der Waals surface area contributed by atoms with Crippen molar-refractivity contribution in [3.63, 3.8) is 0 Å². The Hall–Kier alpha value is -2.34. The topological polar surface area (TPSA) is 67.6 Å². The number of nitrogens with one attached hydrogen (secondary N) is 1. The fourth-order valence-corrected chi connectivity index (χ4v) is 2.40. The van der Waals surface area contributed by atoms with Crippen molar-refractivity contribution in [1.29, 1.82) is 0 Å². The quantitative estimate of drug-likeness (QED) is 0.935. The lowest BCUT2D eigenvalue weighted by molar-refractivity contribution is 0.0930. The molecule has 0 spiro atoms. The molecule has 1 aliphatic heterocycles. The molecule has 1 amide bonds. The summed E-state index contributed by atoms with van der Waals surface area (Å²) in [6.07, 6.45) is 0. The van der Waals surface area contributed by atoms with Crippen LogP contribution in [0, 0.1) is 0 Å². The zero-order valence-corrected chi connectivity index (χ0v) is 12.5. The largest absolute Gasteiger partial charge is 0.378 e. The number of hydrogen-bond donors (Lipinski definition) is 1. The Labute approximate surface area is 129 Å². The van der Waals surface area contributed by atoms with E-state index in [-0.39, 0.29) is 11.9 Å². The molecule has 6 nitrogen and oxygen atoms in total. The molecule has 2 heterocycles. The lowest BCUT2D eigenvalue weighted by Gasteiger charge is -2.25. The molecule has 116 valence electrons. The maximum absolute atomic E-state index is 12.2. The zero-order chi connectivity index (χ0) is 15.4. The van der Waals surface area contributed by atoms with Crippen molar-refractivity contribution >= 4 is 11.8 Å². The van der Waals surface area contributed by atoms with Crippen LogP contribution < -0.4 is 10.2 Å². The number of carbonyl (C=O) groups is 1. The number of benzene rings is 1. The van der Waals surface area contributed by atoms with Crippen molar-refractivity contribution < 1.29 is 14.1 Å². The van der Waals surface area contributed by atoms with Gasteiger partial charge in [0.05, 0.1) is 19.3 Å². The van der Waals surface area contributed by atoms with E-state index in [2.05, 4.69) is 10.5 Å². The Morgan fingerprint density at radius 3 is 2.73 bits per heavy atom. The number of amides is 1. The van der Waals surface area contributed by atoms with Gasteiger partial charge in [-0.05, 0) is 12.5 Å². The highest BCUT2D eigenvalue weighted by Crippen LogP contribution is 2.18. The summed E-state index contributed by atoms with van der Waals surface area (Å²) in [7, 11) is 0. The lowest BCUT2D eigenvalue weighted by atomic mass is 10.1. The maximum atomic E-state index is 12.2. The first-order valence-corrected chi connectivity index (χ1v) is 7.39. The molecule has 1 atom stereocenters. The van der Waals surface area contributed by atoms with E-state index in [9.17, 15) is 4.79 Å². The van der Waals surface area contributed by atoms with Crippen LogP contribution in [-0.2, 0) is 4.74 Å². The third-order valence-corrected chi connectivity index (χ3v) is 3.70. The van der Waals surface area contributed by atoms with Gasteiger partial charge in [-0.15, -0.1) is 0 Å². The highest BCUT2D eigenvalue weighted by Gasteiger charge is 2.20. The van der Waals surface area contributed by atoms with Crippen molar-refractivity contribution in [1.82, 2.24) is 10.5 Å². The van der Waals surface area contributed by atoms with Gasteiger partial charge in [-0.2, -0.15) is 0 Å². The number of morpholine rings is 1. The van der Waals surface area contributed by atoms with Gasteiger partial charge in [-0.1, -0.05) is 35.5 Å². The van der Waals surface area contributed by atoms with Crippen molar-refractivity contribution in [2.75, 3.05) is 31.2 Å². The predicted octanol–water partition coefficient (Wildman–Crippen LogP) is 2.00. The Bertz CT molecular complexity index is 621. The molecule has 1 N–H and O–H groups in total. The van der Waals surface area contributed by atoms with E-state index in [1.165, 1.54) is 0 Å². The van der Waals surface area contributed by atoms with E-state index in [1.807, 2.05) is 42.2 Å². The van der Waals surface area contributed by atoms with Gasteiger partial charge in [0.1, 0.15) is 0 Å². The van der Waals surface area contributed by atoms with Gasteiger partial charge in [0.25, 0.3) is 5.91 Å². The Kier molecular flexibility index (Phi) is 4.39. The number of ether oxygens (including phenoxy) is 1. The first-order chi connectivity index (χ1) is 10.7. The van der Waals surface area contributed by atoms with Crippen LogP contribution in [0.1, 0.15) is 29.0 Å². The van der Waals surface area contributed by atoms with Crippen molar-refractivity contribution in [2.45, 2.75) is 13.0 Å². The number of rotatable bonds is 4. The van der Waals surface area contributed by atoms with E-state index in [0.717, 1.165) is 18.7 Å². The smallest absolute Gasteiger partial charge is 0.274 e. The van der Waals surface area contributed by atoms with Crippen LogP contribution in [0.25, 0.3) is 0 Å². The fourth-order valence-electron chi connectivity index (χ4n) is 2.40. The van der Waals surface area contributed by atoms with Gasteiger partial charge in [-0.25, -0.2) is 0 Å². The minimum Gasteiger partial charge on any atom is -0.378 e. The molecule has 0 saturated carbocycles. The summed E-state index contributed by atoms with van der Waals surface area (Å²) in [6.45, 7) is 4.75. The summed E-state index contributed by atoms with van der Waals surface area (Å²) in [4.78, 5) is 14.3. The van der Waals surface area contributed by atoms with E-state index in [1.54, 1.807) is 6.07 Å². The zero-order valence-electron chi connectivity index (χ0n) is 12.5. The van der Waals surface area contributed by atoms with E-state index in [0.29, 0.717) is 24.8 Å². The molecule has 22 heavy (non-hydrogen) atoms. The summed E-state index contributed by atoms with van der Waals surface area (Å²) in [5.74, 6) is 0.375. The molecule has 0 unspecified atom stereocenters. The van der Waals surface area contributed by atoms with Crippen LogP contribution in [-0.4, -0.2) is 37.4 Å². The monoisotopic (exact) mass is 301 g/mol. The van der Waals surface area contributed by atoms with Gasteiger partial charge >= 0.3 is 0 Å². The van der Waals surface area contributed by atoms with Gasteiger partial charge in [0, 0.05) is 19.2 Å². The molecule has 0 aliphatic carbocycles. The third kappa shape index (κ3) is 3.28.